The molecule has 1 heterocycles. The van der Waals surface area contributed by atoms with Crippen molar-refractivity contribution < 1.29 is 4.74 Å². The van der Waals surface area contributed by atoms with E-state index in [2.05, 4.69) is 87.8 Å². The van der Waals surface area contributed by atoms with E-state index in [0.29, 0.717) is 0 Å². The number of ether oxygens (including phenoxy) is 1. The largest absolute Gasteiger partial charge is 0.492 e. The van der Waals surface area contributed by atoms with Crippen LogP contribution in [0.1, 0.15) is 11.1 Å². The van der Waals surface area contributed by atoms with Gasteiger partial charge in [-0.1, -0.05) is 30.3 Å². The summed E-state index contributed by atoms with van der Waals surface area (Å²) in [7, 11) is 0. The van der Waals surface area contributed by atoms with Crippen molar-refractivity contribution in [2.45, 2.75) is 13.5 Å². The van der Waals surface area contributed by atoms with Crippen LogP contribution in [-0.4, -0.2) is 49.1 Å². The summed E-state index contributed by atoms with van der Waals surface area (Å²) in [6, 6.07) is 17.0. The third-order valence-electron chi connectivity index (χ3n) is 4.52. The van der Waals surface area contributed by atoms with Crippen molar-refractivity contribution in [1.29, 1.82) is 0 Å². The van der Waals surface area contributed by atoms with E-state index in [1.54, 1.807) is 0 Å². The Labute approximate surface area is 158 Å². The fourth-order valence-electron chi connectivity index (χ4n) is 3.01. The summed E-state index contributed by atoms with van der Waals surface area (Å²) in [5.41, 5.74) is 2.69. The molecule has 4 heteroatoms. The highest BCUT2D eigenvalue weighted by Crippen LogP contribution is 2.18. The number of aryl methyl sites for hydroxylation is 1. The predicted octanol–water partition coefficient (Wildman–Crippen LogP) is 3.80. The molecule has 0 atom stereocenters. The molecular weight excluding hydrogens is 411 g/mol. The SMILES string of the molecule is Cc1cc(OCCN2CCN(Cc3ccccc3)CC2)ccc1I. The Bertz CT molecular complexity index is 639. The zero-order chi connectivity index (χ0) is 16.8. The summed E-state index contributed by atoms with van der Waals surface area (Å²) in [6.45, 7) is 9.48. The van der Waals surface area contributed by atoms with Crippen molar-refractivity contribution in [3.8, 4) is 5.75 Å². The van der Waals surface area contributed by atoms with Crippen LogP contribution in [0.15, 0.2) is 48.5 Å². The van der Waals surface area contributed by atoms with Gasteiger partial charge in [-0.15, -0.1) is 0 Å². The Morgan fingerprint density at radius 3 is 2.38 bits per heavy atom. The highest BCUT2D eigenvalue weighted by Gasteiger charge is 2.16. The molecule has 2 aromatic rings. The van der Waals surface area contributed by atoms with E-state index < -0.39 is 0 Å². The van der Waals surface area contributed by atoms with Gasteiger partial charge in [0.2, 0.25) is 0 Å². The molecule has 2 aromatic carbocycles. The minimum Gasteiger partial charge on any atom is -0.492 e. The third-order valence-corrected chi connectivity index (χ3v) is 5.73. The number of benzene rings is 2. The quantitative estimate of drug-likeness (QED) is 0.641. The Kier molecular flexibility index (Phi) is 6.51. The average Bonchev–Trinajstić information content (AvgIpc) is 2.60. The number of hydrogen-bond acceptors (Lipinski definition) is 3. The maximum atomic E-state index is 5.91. The van der Waals surface area contributed by atoms with Gasteiger partial charge in [0.25, 0.3) is 0 Å². The maximum Gasteiger partial charge on any atom is 0.119 e. The molecule has 1 saturated heterocycles. The van der Waals surface area contributed by atoms with Crippen molar-refractivity contribution in [3.63, 3.8) is 0 Å². The first kappa shape index (κ1) is 17.7. The second-order valence-electron chi connectivity index (χ2n) is 6.36. The van der Waals surface area contributed by atoms with E-state index in [9.17, 15) is 0 Å². The summed E-state index contributed by atoms with van der Waals surface area (Å²) in [6.07, 6.45) is 0. The highest BCUT2D eigenvalue weighted by atomic mass is 127. The summed E-state index contributed by atoms with van der Waals surface area (Å²) >= 11 is 2.36. The van der Waals surface area contributed by atoms with Crippen LogP contribution in [0.4, 0.5) is 0 Å². The van der Waals surface area contributed by atoms with Gasteiger partial charge in [0.15, 0.2) is 0 Å². The molecule has 3 rings (SSSR count). The molecule has 0 aromatic heterocycles. The van der Waals surface area contributed by atoms with Gasteiger partial charge in [-0.3, -0.25) is 9.80 Å². The number of hydrogen-bond donors (Lipinski definition) is 0. The second-order valence-corrected chi connectivity index (χ2v) is 7.53. The lowest BCUT2D eigenvalue weighted by Crippen LogP contribution is -2.47. The van der Waals surface area contributed by atoms with Crippen LogP contribution in [0.25, 0.3) is 0 Å². The first-order chi connectivity index (χ1) is 11.7. The molecule has 0 N–H and O–H groups in total. The number of nitrogens with zero attached hydrogens (tertiary/aromatic N) is 2. The molecule has 3 nitrogen and oxygen atoms in total. The fraction of sp³-hybridized carbons (Fsp3) is 0.400. The van der Waals surface area contributed by atoms with Gasteiger partial charge in [-0.05, 0) is 58.8 Å². The summed E-state index contributed by atoms with van der Waals surface area (Å²) in [5, 5.41) is 0. The maximum absolute atomic E-state index is 5.91. The van der Waals surface area contributed by atoms with Crippen LogP contribution in [0.5, 0.6) is 5.75 Å². The number of rotatable bonds is 6. The average molecular weight is 436 g/mol. The molecule has 128 valence electrons. The Balaban J connectivity index is 1.37. The van der Waals surface area contributed by atoms with E-state index in [1.807, 2.05) is 0 Å². The minimum atomic E-state index is 0.763. The van der Waals surface area contributed by atoms with E-state index in [4.69, 9.17) is 4.74 Å². The molecule has 0 amide bonds. The molecule has 0 aliphatic carbocycles. The van der Waals surface area contributed by atoms with Crippen molar-refractivity contribution in [3.05, 3.63) is 63.2 Å². The molecular formula is C20H25IN2O. The molecule has 1 aliphatic heterocycles. The van der Waals surface area contributed by atoms with Gasteiger partial charge in [-0.25, -0.2) is 0 Å². The summed E-state index contributed by atoms with van der Waals surface area (Å²) < 4.78 is 7.20. The third kappa shape index (κ3) is 5.19. The lowest BCUT2D eigenvalue weighted by atomic mass is 10.2. The monoisotopic (exact) mass is 436 g/mol. The van der Waals surface area contributed by atoms with Crippen LogP contribution in [0.3, 0.4) is 0 Å². The zero-order valence-electron chi connectivity index (χ0n) is 14.2. The van der Waals surface area contributed by atoms with Crippen LogP contribution in [-0.2, 0) is 6.54 Å². The number of halogens is 1. The van der Waals surface area contributed by atoms with Gasteiger partial charge in [0.1, 0.15) is 12.4 Å². The topological polar surface area (TPSA) is 15.7 Å². The first-order valence-electron chi connectivity index (χ1n) is 8.58. The standard InChI is InChI=1S/C20H25IN2O/c1-17-15-19(7-8-20(17)21)24-14-13-22-9-11-23(12-10-22)16-18-5-3-2-4-6-18/h2-8,15H,9-14,16H2,1H3. The summed E-state index contributed by atoms with van der Waals surface area (Å²) in [4.78, 5) is 5.04. The predicted molar refractivity (Wildman–Crippen MR) is 108 cm³/mol. The first-order valence-corrected chi connectivity index (χ1v) is 9.66. The number of piperazine rings is 1. The summed E-state index contributed by atoms with van der Waals surface area (Å²) in [5.74, 6) is 0.982. The molecule has 0 saturated carbocycles. The van der Waals surface area contributed by atoms with Crippen molar-refractivity contribution in [2.24, 2.45) is 0 Å². The zero-order valence-corrected chi connectivity index (χ0v) is 16.4. The molecule has 0 spiro atoms. The highest BCUT2D eigenvalue weighted by molar-refractivity contribution is 14.1. The van der Waals surface area contributed by atoms with Gasteiger partial charge in [-0.2, -0.15) is 0 Å². The molecule has 24 heavy (non-hydrogen) atoms. The van der Waals surface area contributed by atoms with Crippen molar-refractivity contribution in [2.75, 3.05) is 39.3 Å². The van der Waals surface area contributed by atoms with Gasteiger partial charge < -0.3 is 4.74 Å². The molecule has 0 unspecified atom stereocenters. The van der Waals surface area contributed by atoms with Crippen LogP contribution in [0.2, 0.25) is 0 Å². The fourth-order valence-corrected chi connectivity index (χ4v) is 3.35. The Morgan fingerprint density at radius 1 is 0.958 bits per heavy atom. The molecule has 0 radical (unpaired) electrons. The van der Waals surface area contributed by atoms with E-state index in [-0.39, 0.29) is 0 Å². The second kappa shape index (κ2) is 8.83. The van der Waals surface area contributed by atoms with Crippen molar-refractivity contribution >= 4 is 22.6 Å². The normalized spacial score (nSPS) is 16.2. The van der Waals surface area contributed by atoms with Gasteiger partial charge >= 0.3 is 0 Å². The molecule has 1 fully saturated rings. The van der Waals surface area contributed by atoms with Gasteiger partial charge in [0.05, 0.1) is 0 Å². The lowest BCUT2D eigenvalue weighted by Gasteiger charge is -2.34. The smallest absolute Gasteiger partial charge is 0.119 e. The van der Waals surface area contributed by atoms with E-state index >= 15 is 0 Å². The van der Waals surface area contributed by atoms with E-state index in [0.717, 1.165) is 51.6 Å². The van der Waals surface area contributed by atoms with Crippen molar-refractivity contribution in [1.82, 2.24) is 9.80 Å². The Hall–Kier alpha value is -1.11. The molecule has 1 aliphatic rings. The minimum absolute atomic E-state index is 0.763. The molecule has 0 bridgehead atoms. The Morgan fingerprint density at radius 2 is 1.67 bits per heavy atom. The lowest BCUT2D eigenvalue weighted by molar-refractivity contribution is 0.112. The van der Waals surface area contributed by atoms with Crippen LogP contribution in [0, 0.1) is 10.5 Å². The van der Waals surface area contributed by atoms with Crippen LogP contribution >= 0.6 is 22.6 Å². The van der Waals surface area contributed by atoms with E-state index in [1.165, 1.54) is 14.7 Å². The van der Waals surface area contributed by atoms with Crippen LogP contribution < -0.4 is 4.74 Å². The van der Waals surface area contributed by atoms with Gasteiger partial charge in [0, 0.05) is 42.8 Å².